The first kappa shape index (κ1) is 15.5. The average molecular weight is 265 g/mol. The van der Waals surface area contributed by atoms with E-state index in [4.69, 9.17) is 14.7 Å². The second-order valence-electron chi connectivity index (χ2n) is 4.84. The van der Waals surface area contributed by atoms with Gasteiger partial charge in [0.05, 0.1) is 5.56 Å². The van der Waals surface area contributed by atoms with E-state index >= 15 is 0 Å². The van der Waals surface area contributed by atoms with Crippen molar-refractivity contribution >= 4 is 13.2 Å². The Balaban J connectivity index is 3.11. The molecule has 2 N–H and O–H groups in total. The molecule has 0 aliphatic heterocycles. The highest BCUT2D eigenvalue weighted by molar-refractivity contribution is 6.34. The fraction of sp³-hybridized carbons (Fsp3) is 0.462. The fourth-order valence-corrected chi connectivity index (χ4v) is 2.06. The summed E-state index contributed by atoms with van der Waals surface area (Å²) in [4.78, 5) is 14.2. The molecule has 1 aromatic rings. The molecule has 0 spiro atoms. The van der Waals surface area contributed by atoms with Gasteiger partial charge in [-0.25, -0.2) is 0 Å². The lowest BCUT2D eigenvalue weighted by atomic mass is 10.1. The Labute approximate surface area is 114 Å². The van der Waals surface area contributed by atoms with Gasteiger partial charge in [0.15, 0.2) is 0 Å². The van der Waals surface area contributed by atoms with Crippen molar-refractivity contribution < 1.29 is 19.5 Å². The van der Waals surface area contributed by atoms with E-state index in [0.29, 0.717) is 5.56 Å². The Kier molecular flexibility index (Phi) is 5.38. The van der Waals surface area contributed by atoms with Gasteiger partial charge in [0, 0.05) is 12.1 Å². The van der Waals surface area contributed by atoms with Gasteiger partial charge in [-0.1, -0.05) is 12.1 Å². The number of rotatable bonds is 5. The third-order valence-electron chi connectivity index (χ3n) is 2.70. The molecule has 1 amide bonds. The highest BCUT2D eigenvalue weighted by Gasteiger charge is 2.25. The zero-order valence-corrected chi connectivity index (χ0v) is 11.7. The second-order valence-corrected chi connectivity index (χ2v) is 4.84. The zero-order valence-electron chi connectivity index (χ0n) is 11.7. The molecule has 1 rings (SSSR count). The van der Waals surface area contributed by atoms with Crippen LogP contribution in [0.5, 0.6) is 5.75 Å². The molecule has 0 heterocycles. The number of amides is 1. The molecule has 6 heteroatoms. The van der Waals surface area contributed by atoms with Crippen LogP contribution in [-0.2, 0) is 0 Å². The topological polar surface area (TPSA) is 70.0 Å². The Morgan fingerprint density at radius 2 is 1.68 bits per heavy atom. The molecule has 0 radical (unpaired) electrons. The summed E-state index contributed by atoms with van der Waals surface area (Å²) in [7, 11) is -1.94. The summed E-state index contributed by atoms with van der Waals surface area (Å²) >= 11 is 0. The largest absolute Gasteiger partial charge is 0.707 e. The maximum Gasteiger partial charge on any atom is 0.707 e. The fourth-order valence-electron chi connectivity index (χ4n) is 2.06. The minimum absolute atomic E-state index is 0.0413. The Hall–Kier alpha value is -1.53. The van der Waals surface area contributed by atoms with Crippen molar-refractivity contribution in [1.29, 1.82) is 0 Å². The van der Waals surface area contributed by atoms with Crippen LogP contribution < -0.4 is 4.65 Å². The molecule has 0 saturated carbocycles. The van der Waals surface area contributed by atoms with Crippen LogP contribution in [0.3, 0.4) is 0 Å². The number of hydrogen-bond acceptors (Lipinski definition) is 4. The molecule has 0 aliphatic carbocycles. The van der Waals surface area contributed by atoms with E-state index < -0.39 is 7.32 Å². The van der Waals surface area contributed by atoms with Crippen molar-refractivity contribution in [1.82, 2.24) is 4.90 Å². The molecule has 0 aromatic heterocycles. The van der Waals surface area contributed by atoms with Crippen molar-refractivity contribution in [2.75, 3.05) is 0 Å². The van der Waals surface area contributed by atoms with Crippen LogP contribution in [0.2, 0.25) is 0 Å². The third kappa shape index (κ3) is 3.97. The third-order valence-corrected chi connectivity index (χ3v) is 2.70. The molecule has 104 valence electrons. The summed E-state index contributed by atoms with van der Waals surface area (Å²) in [5.74, 6) is -0.0324. The Morgan fingerprint density at radius 3 is 2.16 bits per heavy atom. The number of hydrogen-bond donors (Lipinski definition) is 2. The first-order valence-electron chi connectivity index (χ1n) is 6.29. The predicted molar refractivity (Wildman–Crippen MR) is 73.7 cm³/mol. The maximum atomic E-state index is 12.5. The molecule has 0 bridgehead atoms. The quantitative estimate of drug-likeness (QED) is 0.787. The van der Waals surface area contributed by atoms with Crippen molar-refractivity contribution in [2.45, 2.75) is 39.8 Å². The highest BCUT2D eigenvalue weighted by Crippen LogP contribution is 2.22. The Morgan fingerprint density at radius 1 is 1.16 bits per heavy atom. The lowest BCUT2D eigenvalue weighted by Crippen LogP contribution is -2.42. The van der Waals surface area contributed by atoms with Crippen molar-refractivity contribution in [3.05, 3.63) is 29.8 Å². The molecule has 1 aromatic carbocycles. The number of carbonyl (C=O) groups excluding carboxylic acids is 1. The van der Waals surface area contributed by atoms with Gasteiger partial charge in [0.2, 0.25) is 0 Å². The average Bonchev–Trinajstić information content (AvgIpc) is 2.27. The summed E-state index contributed by atoms with van der Waals surface area (Å²) in [6, 6.07) is 6.61. The van der Waals surface area contributed by atoms with Crippen LogP contribution in [0, 0.1) is 0 Å². The maximum absolute atomic E-state index is 12.5. The molecule has 0 fully saturated rings. The molecule has 5 nitrogen and oxygen atoms in total. The van der Waals surface area contributed by atoms with Gasteiger partial charge in [-0.05, 0) is 39.8 Å². The number of para-hydroxylation sites is 1. The Bertz CT molecular complexity index is 426. The van der Waals surface area contributed by atoms with E-state index in [-0.39, 0.29) is 23.7 Å². The van der Waals surface area contributed by atoms with E-state index in [2.05, 4.69) is 0 Å². The van der Waals surface area contributed by atoms with E-state index in [0.717, 1.165) is 0 Å². The minimum Gasteiger partial charge on any atom is -0.511 e. The number of benzene rings is 1. The van der Waals surface area contributed by atoms with Crippen LogP contribution in [0.25, 0.3) is 0 Å². The van der Waals surface area contributed by atoms with Crippen molar-refractivity contribution in [2.24, 2.45) is 0 Å². The molecule has 0 aliphatic rings. The van der Waals surface area contributed by atoms with Crippen LogP contribution in [0.15, 0.2) is 24.3 Å². The lowest BCUT2D eigenvalue weighted by molar-refractivity contribution is 0.0641. The standard InChI is InChI=1S/C13H20BNO4/c1-9(2)15(10(3)4)13(16)11-7-5-6-8-12(11)19-14(17)18/h5-10,17-18H,1-4H3. The van der Waals surface area contributed by atoms with Gasteiger partial charge >= 0.3 is 7.32 Å². The second kappa shape index (κ2) is 6.59. The van der Waals surface area contributed by atoms with Gasteiger partial charge in [-0.15, -0.1) is 0 Å². The first-order valence-corrected chi connectivity index (χ1v) is 6.29. The molecular formula is C13H20BNO4. The van der Waals surface area contributed by atoms with E-state index in [9.17, 15) is 4.79 Å². The van der Waals surface area contributed by atoms with E-state index in [1.807, 2.05) is 27.7 Å². The van der Waals surface area contributed by atoms with E-state index in [1.165, 1.54) is 6.07 Å². The molecule has 19 heavy (non-hydrogen) atoms. The van der Waals surface area contributed by atoms with Gasteiger partial charge in [0.25, 0.3) is 5.91 Å². The minimum atomic E-state index is -1.94. The molecule has 0 unspecified atom stereocenters. The molecule has 0 saturated heterocycles. The first-order chi connectivity index (χ1) is 8.84. The SMILES string of the molecule is CC(C)N(C(=O)c1ccccc1OB(O)O)C(C)C. The molecular weight excluding hydrogens is 245 g/mol. The van der Waals surface area contributed by atoms with Crippen LogP contribution in [0.1, 0.15) is 38.1 Å². The highest BCUT2D eigenvalue weighted by atomic mass is 16.6. The normalized spacial score (nSPS) is 10.7. The predicted octanol–water partition coefficient (Wildman–Crippen LogP) is 1.29. The van der Waals surface area contributed by atoms with Crippen LogP contribution >= 0.6 is 0 Å². The van der Waals surface area contributed by atoms with Gasteiger partial charge < -0.3 is 19.6 Å². The monoisotopic (exact) mass is 265 g/mol. The van der Waals surface area contributed by atoms with E-state index in [1.54, 1.807) is 23.1 Å². The van der Waals surface area contributed by atoms with Gasteiger partial charge in [0.1, 0.15) is 5.75 Å². The number of carbonyl (C=O) groups is 1. The van der Waals surface area contributed by atoms with Crippen LogP contribution in [0.4, 0.5) is 0 Å². The summed E-state index contributed by atoms with van der Waals surface area (Å²) in [6.45, 7) is 7.73. The summed E-state index contributed by atoms with van der Waals surface area (Å²) in [5, 5.41) is 17.8. The van der Waals surface area contributed by atoms with Gasteiger partial charge in [-0.3, -0.25) is 4.79 Å². The summed E-state index contributed by atoms with van der Waals surface area (Å²) in [6.07, 6.45) is 0. The van der Waals surface area contributed by atoms with Crippen LogP contribution in [-0.4, -0.2) is 40.3 Å². The summed E-state index contributed by atoms with van der Waals surface area (Å²) < 4.78 is 4.84. The zero-order chi connectivity index (χ0) is 14.6. The summed E-state index contributed by atoms with van der Waals surface area (Å²) in [5.41, 5.74) is 0.318. The smallest absolute Gasteiger partial charge is 0.511 e. The van der Waals surface area contributed by atoms with Gasteiger partial charge in [-0.2, -0.15) is 0 Å². The lowest BCUT2D eigenvalue weighted by Gasteiger charge is -2.31. The van der Waals surface area contributed by atoms with Crippen molar-refractivity contribution in [3.63, 3.8) is 0 Å². The van der Waals surface area contributed by atoms with Crippen molar-refractivity contribution in [3.8, 4) is 5.75 Å². The number of nitrogens with zero attached hydrogens (tertiary/aromatic N) is 1. The molecule has 0 atom stereocenters.